The van der Waals surface area contributed by atoms with Crippen LogP contribution in [0.5, 0.6) is 0 Å². The fourth-order valence-corrected chi connectivity index (χ4v) is 3.27. The number of piperazine rings is 1. The number of carbonyl (C=O) groups is 1. The molecule has 0 bridgehead atoms. The van der Waals surface area contributed by atoms with Crippen LogP contribution in [0, 0.1) is 5.82 Å². The lowest BCUT2D eigenvalue weighted by molar-refractivity contribution is -0.126. The molecule has 1 saturated heterocycles. The van der Waals surface area contributed by atoms with Gasteiger partial charge in [0.15, 0.2) is 0 Å². The molecule has 0 saturated carbocycles. The van der Waals surface area contributed by atoms with Crippen molar-refractivity contribution in [2.75, 3.05) is 38.5 Å². The van der Waals surface area contributed by atoms with Crippen molar-refractivity contribution in [3.8, 4) is 0 Å². The number of likely N-dealkylation sites (N-methyl/N-ethyl adjacent to an activating group) is 1. The molecule has 1 heterocycles. The molecule has 1 aromatic carbocycles. The van der Waals surface area contributed by atoms with Crippen molar-refractivity contribution in [1.82, 2.24) is 15.5 Å². The molecule has 116 valence electrons. The Bertz CT molecular complexity index is 455. The van der Waals surface area contributed by atoms with E-state index in [1.54, 1.807) is 23.9 Å². The molecule has 1 amide bonds. The van der Waals surface area contributed by atoms with Gasteiger partial charge in [0.25, 0.3) is 0 Å². The Hall–Kier alpha value is -1.11. The second-order valence-corrected chi connectivity index (χ2v) is 6.12. The minimum atomic E-state index is -0.210. The Morgan fingerprint density at radius 3 is 2.95 bits per heavy atom. The number of amides is 1. The van der Waals surface area contributed by atoms with Gasteiger partial charge in [0.1, 0.15) is 11.9 Å². The van der Waals surface area contributed by atoms with Gasteiger partial charge in [-0.1, -0.05) is 0 Å². The second-order valence-electron chi connectivity index (χ2n) is 4.95. The lowest BCUT2D eigenvalue weighted by Crippen LogP contribution is -2.58. The van der Waals surface area contributed by atoms with E-state index in [4.69, 9.17) is 0 Å². The van der Waals surface area contributed by atoms with Crippen LogP contribution in [0.15, 0.2) is 29.2 Å². The molecule has 1 fully saturated rings. The normalized spacial score (nSPS) is 19.4. The summed E-state index contributed by atoms with van der Waals surface area (Å²) in [6.07, 6.45) is 0. The van der Waals surface area contributed by atoms with Crippen LogP contribution >= 0.6 is 11.8 Å². The molecule has 0 aliphatic carbocycles. The maximum Gasteiger partial charge on any atom is 0.238 e. The minimum absolute atomic E-state index is 0.0903. The number of benzene rings is 1. The number of hydrogen-bond acceptors (Lipinski definition) is 4. The highest BCUT2D eigenvalue weighted by atomic mass is 32.2. The lowest BCUT2D eigenvalue weighted by Gasteiger charge is -2.34. The standard InChI is InChI=1S/C15H22FN3OS/c1-2-18-15(20)14-11-17-7-8-19(14)9-10-21-13-5-3-12(16)4-6-13/h3-6,14,17H,2,7-11H2,1H3,(H,18,20). The first kappa shape index (κ1) is 16.3. The number of nitrogens with one attached hydrogen (secondary N) is 2. The van der Waals surface area contributed by atoms with E-state index >= 15 is 0 Å². The van der Waals surface area contributed by atoms with Gasteiger partial charge in [0, 0.05) is 43.4 Å². The van der Waals surface area contributed by atoms with E-state index in [1.165, 1.54) is 12.1 Å². The van der Waals surface area contributed by atoms with Gasteiger partial charge in [-0.3, -0.25) is 9.69 Å². The van der Waals surface area contributed by atoms with E-state index in [-0.39, 0.29) is 17.8 Å². The monoisotopic (exact) mass is 311 g/mol. The van der Waals surface area contributed by atoms with Gasteiger partial charge in [-0.25, -0.2) is 4.39 Å². The molecule has 4 nitrogen and oxygen atoms in total. The van der Waals surface area contributed by atoms with E-state index in [1.807, 2.05) is 6.92 Å². The van der Waals surface area contributed by atoms with Crippen LogP contribution in [-0.4, -0.2) is 55.3 Å². The largest absolute Gasteiger partial charge is 0.355 e. The predicted octanol–water partition coefficient (Wildman–Crippen LogP) is 1.33. The molecule has 1 aliphatic heterocycles. The number of carbonyl (C=O) groups excluding carboxylic acids is 1. The van der Waals surface area contributed by atoms with E-state index in [0.717, 1.165) is 30.3 Å². The second kappa shape index (κ2) is 8.36. The Balaban J connectivity index is 1.82. The van der Waals surface area contributed by atoms with Crippen LogP contribution in [0.3, 0.4) is 0 Å². The lowest BCUT2D eigenvalue weighted by atomic mass is 10.2. The molecular weight excluding hydrogens is 289 g/mol. The molecule has 21 heavy (non-hydrogen) atoms. The summed E-state index contributed by atoms with van der Waals surface area (Å²) in [6, 6.07) is 6.44. The van der Waals surface area contributed by atoms with Crippen molar-refractivity contribution < 1.29 is 9.18 Å². The number of halogens is 1. The van der Waals surface area contributed by atoms with Crippen molar-refractivity contribution in [3.63, 3.8) is 0 Å². The Morgan fingerprint density at radius 2 is 2.24 bits per heavy atom. The molecular formula is C15H22FN3OS. The molecule has 6 heteroatoms. The van der Waals surface area contributed by atoms with Crippen LogP contribution in [-0.2, 0) is 4.79 Å². The van der Waals surface area contributed by atoms with Gasteiger partial charge < -0.3 is 10.6 Å². The third-order valence-corrected chi connectivity index (χ3v) is 4.46. The molecule has 1 aliphatic rings. The van der Waals surface area contributed by atoms with E-state index < -0.39 is 0 Å². The third kappa shape index (κ3) is 4.98. The molecule has 0 spiro atoms. The van der Waals surface area contributed by atoms with Crippen LogP contribution in [0.4, 0.5) is 4.39 Å². The SMILES string of the molecule is CCNC(=O)C1CNCCN1CCSc1ccc(F)cc1. The Labute approximate surface area is 129 Å². The number of rotatable bonds is 6. The Morgan fingerprint density at radius 1 is 1.48 bits per heavy atom. The summed E-state index contributed by atoms with van der Waals surface area (Å²) in [7, 11) is 0. The molecule has 1 aromatic rings. The fraction of sp³-hybridized carbons (Fsp3) is 0.533. The summed E-state index contributed by atoms with van der Waals surface area (Å²) < 4.78 is 12.8. The highest BCUT2D eigenvalue weighted by molar-refractivity contribution is 7.99. The fourth-order valence-electron chi connectivity index (χ4n) is 2.38. The number of thioether (sulfide) groups is 1. The van der Waals surface area contributed by atoms with Crippen LogP contribution in [0.25, 0.3) is 0 Å². The molecule has 2 rings (SSSR count). The summed E-state index contributed by atoms with van der Waals surface area (Å²) in [5.74, 6) is 0.774. The van der Waals surface area contributed by atoms with Gasteiger partial charge in [0.2, 0.25) is 5.91 Å². The maximum absolute atomic E-state index is 12.8. The molecule has 0 radical (unpaired) electrons. The van der Waals surface area contributed by atoms with Crippen molar-refractivity contribution in [2.24, 2.45) is 0 Å². The highest BCUT2D eigenvalue weighted by Gasteiger charge is 2.27. The summed E-state index contributed by atoms with van der Waals surface area (Å²) in [4.78, 5) is 15.3. The molecule has 0 aromatic heterocycles. The van der Waals surface area contributed by atoms with Gasteiger partial charge >= 0.3 is 0 Å². The van der Waals surface area contributed by atoms with Gasteiger partial charge in [-0.05, 0) is 31.2 Å². The van der Waals surface area contributed by atoms with Crippen molar-refractivity contribution >= 4 is 17.7 Å². The summed E-state index contributed by atoms with van der Waals surface area (Å²) >= 11 is 1.69. The van der Waals surface area contributed by atoms with Crippen LogP contribution < -0.4 is 10.6 Å². The summed E-state index contributed by atoms with van der Waals surface area (Å²) in [6.45, 7) is 5.94. The summed E-state index contributed by atoms with van der Waals surface area (Å²) in [5.41, 5.74) is 0. The average Bonchev–Trinajstić information content (AvgIpc) is 2.50. The van der Waals surface area contributed by atoms with Crippen LogP contribution in [0.2, 0.25) is 0 Å². The first-order valence-corrected chi connectivity index (χ1v) is 8.30. The van der Waals surface area contributed by atoms with E-state index in [0.29, 0.717) is 13.1 Å². The van der Waals surface area contributed by atoms with E-state index in [9.17, 15) is 9.18 Å². The molecule has 1 unspecified atom stereocenters. The smallest absolute Gasteiger partial charge is 0.238 e. The third-order valence-electron chi connectivity index (χ3n) is 3.47. The van der Waals surface area contributed by atoms with Crippen molar-refractivity contribution in [2.45, 2.75) is 17.9 Å². The van der Waals surface area contributed by atoms with Crippen molar-refractivity contribution in [1.29, 1.82) is 0 Å². The predicted molar refractivity (Wildman–Crippen MR) is 84.0 cm³/mol. The zero-order chi connectivity index (χ0) is 15.1. The van der Waals surface area contributed by atoms with Gasteiger partial charge in [0.05, 0.1) is 0 Å². The zero-order valence-corrected chi connectivity index (χ0v) is 13.1. The topological polar surface area (TPSA) is 44.4 Å². The first-order valence-electron chi connectivity index (χ1n) is 7.31. The zero-order valence-electron chi connectivity index (χ0n) is 12.3. The molecule has 1 atom stereocenters. The van der Waals surface area contributed by atoms with Crippen LogP contribution in [0.1, 0.15) is 6.92 Å². The quantitative estimate of drug-likeness (QED) is 0.778. The van der Waals surface area contributed by atoms with Gasteiger partial charge in [-0.15, -0.1) is 11.8 Å². The maximum atomic E-state index is 12.8. The number of hydrogen-bond donors (Lipinski definition) is 2. The highest BCUT2D eigenvalue weighted by Crippen LogP contribution is 2.18. The minimum Gasteiger partial charge on any atom is -0.355 e. The van der Waals surface area contributed by atoms with Gasteiger partial charge in [-0.2, -0.15) is 0 Å². The summed E-state index contributed by atoms with van der Waals surface area (Å²) in [5, 5.41) is 6.16. The Kier molecular flexibility index (Phi) is 6.48. The van der Waals surface area contributed by atoms with Crippen molar-refractivity contribution in [3.05, 3.63) is 30.1 Å². The average molecular weight is 311 g/mol. The molecule has 2 N–H and O–H groups in total. The first-order chi connectivity index (χ1) is 10.2. The van der Waals surface area contributed by atoms with E-state index in [2.05, 4.69) is 15.5 Å². The number of nitrogens with zero attached hydrogens (tertiary/aromatic N) is 1.